The van der Waals surface area contributed by atoms with Crippen molar-refractivity contribution in [2.75, 3.05) is 0 Å². The third-order valence-corrected chi connectivity index (χ3v) is 2.92. The molecule has 0 aliphatic rings. The van der Waals surface area contributed by atoms with Crippen LogP contribution in [0.4, 0.5) is 4.79 Å². The van der Waals surface area contributed by atoms with Crippen molar-refractivity contribution in [2.45, 2.75) is 0 Å². The molecule has 0 aliphatic heterocycles. The Labute approximate surface area is 103 Å². The lowest BCUT2D eigenvalue weighted by molar-refractivity contribution is 0.144. The lowest BCUT2D eigenvalue weighted by Gasteiger charge is -2.06. The fourth-order valence-electron chi connectivity index (χ4n) is 2.15. The molecule has 0 bridgehead atoms. The number of carboxylic acid groups (broad SMARTS) is 1. The fraction of sp³-hybridized carbons (Fsp3) is 0. The van der Waals surface area contributed by atoms with E-state index in [0.29, 0.717) is 5.75 Å². The van der Waals surface area contributed by atoms with E-state index in [1.54, 1.807) is 12.1 Å². The van der Waals surface area contributed by atoms with Crippen LogP contribution in [0.3, 0.4) is 0 Å². The van der Waals surface area contributed by atoms with E-state index in [9.17, 15) is 4.79 Å². The Hall–Kier alpha value is -2.55. The molecule has 1 N–H and O–H groups in total. The average molecular weight is 238 g/mol. The molecule has 0 heterocycles. The fourth-order valence-corrected chi connectivity index (χ4v) is 2.15. The highest BCUT2D eigenvalue weighted by atomic mass is 16.7. The Morgan fingerprint density at radius 1 is 0.889 bits per heavy atom. The summed E-state index contributed by atoms with van der Waals surface area (Å²) in [5.41, 5.74) is 0. The summed E-state index contributed by atoms with van der Waals surface area (Å²) in [6.45, 7) is 0. The van der Waals surface area contributed by atoms with Gasteiger partial charge in [-0.25, -0.2) is 4.79 Å². The molecule has 0 amide bonds. The molecular formula is C15H10O3. The highest BCUT2D eigenvalue weighted by Gasteiger charge is 2.04. The maximum absolute atomic E-state index is 10.5. The maximum Gasteiger partial charge on any atom is 0.511 e. The first kappa shape index (κ1) is 10.6. The molecule has 3 heteroatoms. The summed E-state index contributed by atoms with van der Waals surface area (Å²) in [5.74, 6) is 0.339. The van der Waals surface area contributed by atoms with Crippen molar-refractivity contribution in [3.63, 3.8) is 0 Å². The van der Waals surface area contributed by atoms with E-state index in [1.165, 1.54) is 0 Å². The van der Waals surface area contributed by atoms with Crippen LogP contribution < -0.4 is 4.74 Å². The van der Waals surface area contributed by atoms with Gasteiger partial charge in [0.05, 0.1) is 0 Å². The number of fused-ring (bicyclic) bond motifs is 3. The molecule has 3 aromatic rings. The second kappa shape index (κ2) is 4.04. The van der Waals surface area contributed by atoms with Gasteiger partial charge < -0.3 is 9.84 Å². The SMILES string of the molecule is O=C(O)Oc1ccc2ccc3ccccc3c2c1. The van der Waals surface area contributed by atoms with Gasteiger partial charge in [-0.3, -0.25) is 0 Å². The number of hydrogen-bond acceptors (Lipinski definition) is 2. The van der Waals surface area contributed by atoms with Crippen LogP contribution in [0.1, 0.15) is 0 Å². The molecule has 88 valence electrons. The van der Waals surface area contributed by atoms with Gasteiger partial charge in [-0.15, -0.1) is 0 Å². The van der Waals surface area contributed by atoms with Crippen LogP contribution in [-0.4, -0.2) is 11.3 Å². The third-order valence-electron chi connectivity index (χ3n) is 2.92. The first-order chi connectivity index (χ1) is 8.74. The monoisotopic (exact) mass is 238 g/mol. The van der Waals surface area contributed by atoms with Crippen LogP contribution in [0.2, 0.25) is 0 Å². The van der Waals surface area contributed by atoms with Gasteiger partial charge in [0.25, 0.3) is 0 Å². The molecular weight excluding hydrogens is 228 g/mol. The van der Waals surface area contributed by atoms with E-state index in [1.807, 2.05) is 36.4 Å². The predicted molar refractivity (Wildman–Crippen MR) is 70.1 cm³/mol. The van der Waals surface area contributed by atoms with Crippen molar-refractivity contribution in [3.8, 4) is 5.75 Å². The molecule has 0 spiro atoms. The Morgan fingerprint density at radius 3 is 2.33 bits per heavy atom. The molecule has 0 atom stereocenters. The molecule has 0 radical (unpaired) electrons. The summed E-state index contributed by atoms with van der Waals surface area (Å²) in [5, 5.41) is 12.9. The van der Waals surface area contributed by atoms with Crippen LogP contribution in [0, 0.1) is 0 Å². The lowest BCUT2D eigenvalue weighted by atomic mass is 10.0. The van der Waals surface area contributed by atoms with Gasteiger partial charge >= 0.3 is 6.16 Å². The summed E-state index contributed by atoms with van der Waals surface area (Å²) in [6, 6.07) is 17.3. The van der Waals surface area contributed by atoms with E-state index in [4.69, 9.17) is 5.11 Å². The Balaban J connectivity index is 2.29. The Kier molecular flexibility index (Phi) is 2.38. The van der Waals surface area contributed by atoms with Gasteiger partial charge in [-0.05, 0) is 33.7 Å². The highest BCUT2D eigenvalue weighted by molar-refractivity contribution is 6.07. The maximum atomic E-state index is 10.5. The van der Waals surface area contributed by atoms with Crippen molar-refractivity contribution in [3.05, 3.63) is 54.6 Å². The minimum Gasteiger partial charge on any atom is -0.449 e. The number of hydrogen-bond donors (Lipinski definition) is 1. The van der Waals surface area contributed by atoms with Crippen molar-refractivity contribution in [1.82, 2.24) is 0 Å². The molecule has 3 rings (SSSR count). The molecule has 0 saturated carbocycles. The van der Waals surface area contributed by atoms with E-state index in [0.717, 1.165) is 21.5 Å². The zero-order valence-corrected chi connectivity index (χ0v) is 9.46. The quantitative estimate of drug-likeness (QED) is 0.395. The lowest BCUT2D eigenvalue weighted by Crippen LogP contribution is -2.02. The van der Waals surface area contributed by atoms with Gasteiger partial charge in [-0.2, -0.15) is 0 Å². The summed E-state index contributed by atoms with van der Waals surface area (Å²) < 4.78 is 4.69. The molecule has 0 unspecified atom stereocenters. The largest absolute Gasteiger partial charge is 0.511 e. The van der Waals surface area contributed by atoms with Crippen LogP contribution in [0.25, 0.3) is 21.5 Å². The summed E-state index contributed by atoms with van der Waals surface area (Å²) in [4.78, 5) is 10.5. The van der Waals surface area contributed by atoms with Crippen molar-refractivity contribution in [1.29, 1.82) is 0 Å². The van der Waals surface area contributed by atoms with E-state index in [2.05, 4.69) is 10.8 Å². The normalized spacial score (nSPS) is 10.7. The van der Waals surface area contributed by atoms with Crippen LogP contribution in [-0.2, 0) is 0 Å². The van der Waals surface area contributed by atoms with E-state index in [-0.39, 0.29) is 0 Å². The predicted octanol–water partition coefficient (Wildman–Crippen LogP) is 4.05. The molecule has 3 nitrogen and oxygen atoms in total. The Morgan fingerprint density at radius 2 is 1.56 bits per heavy atom. The molecule has 0 saturated heterocycles. The third kappa shape index (κ3) is 1.76. The molecule has 0 aromatic heterocycles. The van der Waals surface area contributed by atoms with Gasteiger partial charge in [0.2, 0.25) is 0 Å². The number of rotatable bonds is 1. The van der Waals surface area contributed by atoms with Crippen molar-refractivity contribution in [2.24, 2.45) is 0 Å². The zero-order chi connectivity index (χ0) is 12.5. The van der Waals surface area contributed by atoms with E-state index >= 15 is 0 Å². The first-order valence-corrected chi connectivity index (χ1v) is 5.56. The smallest absolute Gasteiger partial charge is 0.449 e. The topological polar surface area (TPSA) is 46.5 Å². The minimum atomic E-state index is -1.30. The van der Waals surface area contributed by atoms with Crippen molar-refractivity contribution < 1.29 is 14.6 Å². The number of benzene rings is 3. The highest BCUT2D eigenvalue weighted by Crippen LogP contribution is 2.28. The van der Waals surface area contributed by atoms with Gasteiger partial charge in [0.15, 0.2) is 0 Å². The summed E-state index contributed by atoms with van der Waals surface area (Å²) in [6.07, 6.45) is -1.30. The molecule has 3 aromatic carbocycles. The molecule has 0 aliphatic carbocycles. The van der Waals surface area contributed by atoms with Gasteiger partial charge in [0, 0.05) is 0 Å². The second-order valence-electron chi connectivity index (χ2n) is 4.04. The van der Waals surface area contributed by atoms with Gasteiger partial charge in [-0.1, -0.05) is 42.5 Å². The summed E-state index contributed by atoms with van der Waals surface area (Å²) >= 11 is 0. The number of ether oxygens (including phenoxy) is 1. The van der Waals surface area contributed by atoms with E-state index < -0.39 is 6.16 Å². The molecule has 0 fully saturated rings. The Bertz CT molecular complexity index is 747. The standard InChI is InChI=1S/C15H10O3/c16-15(17)18-12-8-7-11-6-5-10-3-1-2-4-13(10)14(11)9-12/h1-9H,(H,16,17). The minimum absolute atomic E-state index is 0.339. The van der Waals surface area contributed by atoms with Crippen LogP contribution in [0.15, 0.2) is 54.6 Å². The average Bonchev–Trinajstić information content (AvgIpc) is 2.38. The second-order valence-corrected chi connectivity index (χ2v) is 4.04. The number of carbonyl (C=O) groups is 1. The molecule has 18 heavy (non-hydrogen) atoms. The summed E-state index contributed by atoms with van der Waals surface area (Å²) in [7, 11) is 0. The van der Waals surface area contributed by atoms with Crippen LogP contribution in [0.5, 0.6) is 5.75 Å². The first-order valence-electron chi connectivity index (χ1n) is 5.56. The van der Waals surface area contributed by atoms with Gasteiger partial charge in [0.1, 0.15) is 5.75 Å². The van der Waals surface area contributed by atoms with Crippen molar-refractivity contribution >= 4 is 27.7 Å². The van der Waals surface area contributed by atoms with Crippen LogP contribution >= 0.6 is 0 Å². The zero-order valence-electron chi connectivity index (χ0n) is 9.46.